The van der Waals surface area contributed by atoms with E-state index in [4.69, 9.17) is 11.6 Å². The monoisotopic (exact) mass is 309 g/mol. The minimum absolute atomic E-state index is 0.0637. The number of benzene rings is 1. The molecule has 2 N–H and O–H groups in total. The van der Waals surface area contributed by atoms with Gasteiger partial charge in [-0.15, -0.1) is 0 Å². The first-order valence-corrected chi connectivity index (χ1v) is 7.49. The largest absolute Gasteiger partial charge is 0.374 e. The SMILES string of the molecule is CCN(C(=O)CNc1cc(Cl)ccc1NC(C)=O)C1CC1. The van der Waals surface area contributed by atoms with Gasteiger partial charge in [0.05, 0.1) is 17.9 Å². The summed E-state index contributed by atoms with van der Waals surface area (Å²) >= 11 is 5.97. The van der Waals surface area contributed by atoms with E-state index in [-0.39, 0.29) is 18.4 Å². The van der Waals surface area contributed by atoms with Crippen LogP contribution >= 0.6 is 11.6 Å². The van der Waals surface area contributed by atoms with E-state index < -0.39 is 0 Å². The van der Waals surface area contributed by atoms with Crippen LogP contribution in [0.2, 0.25) is 5.02 Å². The molecule has 0 heterocycles. The molecule has 114 valence electrons. The number of carbonyl (C=O) groups is 2. The lowest BCUT2D eigenvalue weighted by atomic mass is 10.2. The fourth-order valence-electron chi connectivity index (χ4n) is 2.26. The number of amides is 2. The van der Waals surface area contributed by atoms with E-state index in [1.54, 1.807) is 18.2 Å². The number of nitrogens with one attached hydrogen (secondary N) is 2. The lowest BCUT2D eigenvalue weighted by Gasteiger charge is -2.21. The van der Waals surface area contributed by atoms with E-state index in [0.717, 1.165) is 19.4 Å². The maximum absolute atomic E-state index is 12.2. The normalized spacial score (nSPS) is 13.7. The minimum atomic E-state index is -0.167. The van der Waals surface area contributed by atoms with Crippen molar-refractivity contribution in [2.24, 2.45) is 0 Å². The van der Waals surface area contributed by atoms with Crippen LogP contribution in [0.3, 0.4) is 0 Å². The molecule has 1 aliphatic carbocycles. The van der Waals surface area contributed by atoms with Crippen LogP contribution in [-0.2, 0) is 9.59 Å². The molecule has 6 heteroatoms. The number of nitrogens with zero attached hydrogens (tertiary/aromatic N) is 1. The van der Waals surface area contributed by atoms with Gasteiger partial charge in [0.25, 0.3) is 0 Å². The molecule has 0 bridgehead atoms. The van der Waals surface area contributed by atoms with Crippen molar-refractivity contribution in [2.75, 3.05) is 23.7 Å². The Morgan fingerprint density at radius 3 is 2.62 bits per heavy atom. The van der Waals surface area contributed by atoms with Crippen LogP contribution < -0.4 is 10.6 Å². The Labute approximate surface area is 129 Å². The number of hydrogen-bond donors (Lipinski definition) is 2. The first kappa shape index (κ1) is 15.6. The minimum Gasteiger partial charge on any atom is -0.374 e. The number of rotatable bonds is 6. The number of halogens is 1. The molecular weight excluding hydrogens is 290 g/mol. The molecule has 0 saturated heterocycles. The summed E-state index contributed by atoms with van der Waals surface area (Å²) in [5.74, 6) is -0.103. The van der Waals surface area contributed by atoms with E-state index in [1.165, 1.54) is 6.92 Å². The predicted molar refractivity (Wildman–Crippen MR) is 84.7 cm³/mol. The summed E-state index contributed by atoms with van der Waals surface area (Å²) in [7, 11) is 0. The lowest BCUT2D eigenvalue weighted by molar-refractivity contribution is -0.129. The Balaban J connectivity index is 2.02. The standard InChI is InChI=1S/C15H20ClN3O2/c1-3-19(12-5-6-12)15(21)9-17-14-8-11(16)4-7-13(14)18-10(2)20/h4,7-8,12,17H,3,5-6,9H2,1-2H3,(H,18,20). The topological polar surface area (TPSA) is 61.4 Å². The van der Waals surface area contributed by atoms with E-state index in [1.807, 2.05) is 11.8 Å². The van der Waals surface area contributed by atoms with Crippen molar-refractivity contribution in [3.05, 3.63) is 23.2 Å². The maximum Gasteiger partial charge on any atom is 0.242 e. The van der Waals surface area contributed by atoms with Gasteiger partial charge in [-0.25, -0.2) is 0 Å². The number of anilines is 2. The molecule has 21 heavy (non-hydrogen) atoms. The molecule has 1 aromatic rings. The third kappa shape index (κ3) is 4.36. The second-order valence-corrected chi connectivity index (χ2v) is 5.57. The highest BCUT2D eigenvalue weighted by Crippen LogP contribution is 2.28. The Hall–Kier alpha value is -1.75. The number of carbonyl (C=O) groups excluding carboxylic acids is 2. The van der Waals surface area contributed by atoms with Crippen molar-refractivity contribution >= 4 is 34.8 Å². The highest BCUT2D eigenvalue weighted by molar-refractivity contribution is 6.31. The van der Waals surface area contributed by atoms with Gasteiger partial charge in [0.1, 0.15) is 0 Å². The molecule has 0 radical (unpaired) electrons. The molecule has 1 aliphatic rings. The van der Waals surface area contributed by atoms with E-state index in [0.29, 0.717) is 22.4 Å². The first-order valence-electron chi connectivity index (χ1n) is 7.11. The highest BCUT2D eigenvalue weighted by Gasteiger charge is 2.30. The molecule has 0 aliphatic heterocycles. The molecule has 2 amide bonds. The van der Waals surface area contributed by atoms with Gasteiger partial charge in [-0.05, 0) is 38.0 Å². The van der Waals surface area contributed by atoms with Crippen molar-refractivity contribution < 1.29 is 9.59 Å². The molecule has 0 aromatic heterocycles. The van der Waals surface area contributed by atoms with Crippen LogP contribution in [-0.4, -0.2) is 35.8 Å². The molecule has 1 fully saturated rings. The van der Waals surface area contributed by atoms with Crippen LogP contribution in [0.25, 0.3) is 0 Å². The molecule has 1 aromatic carbocycles. The van der Waals surface area contributed by atoms with E-state index >= 15 is 0 Å². The van der Waals surface area contributed by atoms with Gasteiger partial charge in [-0.1, -0.05) is 11.6 Å². The lowest BCUT2D eigenvalue weighted by Crippen LogP contribution is -2.37. The van der Waals surface area contributed by atoms with Gasteiger partial charge >= 0.3 is 0 Å². The Kier molecular flexibility index (Phi) is 5.07. The van der Waals surface area contributed by atoms with Crippen LogP contribution in [0.1, 0.15) is 26.7 Å². The predicted octanol–water partition coefficient (Wildman–Crippen LogP) is 2.72. The molecule has 0 spiro atoms. The Morgan fingerprint density at radius 1 is 1.33 bits per heavy atom. The van der Waals surface area contributed by atoms with E-state index in [9.17, 15) is 9.59 Å². The average molecular weight is 310 g/mol. The summed E-state index contributed by atoms with van der Waals surface area (Å²) in [6, 6.07) is 5.52. The molecule has 0 atom stereocenters. The molecule has 5 nitrogen and oxygen atoms in total. The summed E-state index contributed by atoms with van der Waals surface area (Å²) in [5, 5.41) is 6.33. The van der Waals surface area contributed by atoms with Gasteiger partial charge in [0.15, 0.2) is 0 Å². The van der Waals surface area contributed by atoms with Gasteiger partial charge < -0.3 is 15.5 Å². The third-order valence-corrected chi connectivity index (χ3v) is 3.61. The highest BCUT2D eigenvalue weighted by atomic mass is 35.5. The van der Waals surface area contributed by atoms with Crippen molar-refractivity contribution in [3.63, 3.8) is 0 Å². The third-order valence-electron chi connectivity index (χ3n) is 3.37. The zero-order chi connectivity index (χ0) is 15.4. The summed E-state index contributed by atoms with van der Waals surface area (Å²) in [4.78, 5) is 25.3. The van der Waals surface area contributed by atoms with Gasteiger partial charge in [-0.3, -0.25) is 9.59 Å². The zero-order valence-corrected chi connectivity index (χ0v) is 13.0. The molecule has 0 unspecified atom stereocenters. The van der Waals surface area contributed by atoms with Crippen LogP contribution in [0, 0.1) is 0 Å². The summed E-state index contributed by atoms with van der Waals surface area (Å²) < 4.78 is 0. The van der Waals surface area contributed by atoms with Gasteiger partial charge in [-0.2, -0.15) is 0 Å². The molecule has 1 saturated carbocycles. The molecular formula is C15H20ClN3O2. The quantitative estimate of drug-likeness (QED) is 0.849. The fraction of sp³-hybridized carbons (Fsp3) is 0.467. The number of likely N-dealkylation sites (N-methyl/N-ethyl adjacent to an activating group) is 1. The maximum atomic E-state index is 12.2. The van der Waals surface area contributed by atoms with E-state index in [2.05, 4.69) is 10.6 Å². The van der Waals surface area contributed by atoms with Crippen molar-refractivity contribution in [2.45, 2.75) is 32.7 Å². The van der Waals surface area contributed by atoms with Crippen LogP contribution in [0.15, 0.2) is 18.2 Å². The van der Waals surface area contributed by atoms with Gasteiger partial charge in [0, 0.05) is 24.5 Å². The Morgan fingerprint density at radius 2 is 2.05 bits per heavy atom. The average Bonchev–Trinajstić information content (AvgIpc) is 3.24. The second kappa shape index (κ2) is 6.80. The summed E-state index contributed by atoms with van der Waals surface area (Å²) in [6.07, 6.45) is 2.18. The van der Waals surface area contributed by atoms with Gasteiger partial charge in [0.2, 0.25) is 11.8 Å². The van der Waals surface area contributed by atoms with Crippen molar-refractivity contribution in [1.82, 2.24) is 4.90 Å². The Bertz CT molecular complexity index is 544. The smallest absolute Gasteiger partial charge is 0.242 e. The first-order chi connectivity index (χ1) is 10.0. The van der Waals surface area contributed by atoms with Crippen molar-refractivity contribution in [1.29, 1.82) is 0 Å². The molecule has 2 rings (SSSR count). The summed E-state index contributed by atoms with van der Waals surface area (Å²) in [6.45, 7) is 4.34. The van der Waals surface area contributed by atoms with Crippen LogP contribution in [0.5, 0.6) is 0 Å². The zero-order valence-electron chi connectivity index (χ0n) is 12.3. The van der Waals surface area contributed by atoms with Crippen LogP contribution in [0.4, 0.5) is 11.4 Å². The fourth-order valence-corrected chi connectivity index (χ4v) is 2.43. The second-order valence-electron chi connectivity index (χ2n) is 5.14. The van der Waals surface area contributed by atoms with Crippen molar-refractivity contribution in [3.8, 4) is 0 Å². The summed E-state index contributed by atoms with van der Waals surface area (Å²) in [5.41, 5.74) is 1.27. The number of hydrogen-bond acceptors (Lipinski definition) is 3.